The van der Waals surface area contributed by atoms with Crippen molar-refractivity contribution >= 4 is 23.1 Å². The van der Waals surface area contributed by atoms with Crippen LogP contribution in [0.3, 0.4) is 0 Å². The summed E-state index contributed by atoms with van der Waals surface area (Å²) < 4.78 is 19.8. The van der Waals surface area contributed by atoms with Crippen LogP contribution in [0.4, 0.5) is 4.39 Å². The van der Waals surface area contributed by atoms with E-state index in [2.05, 4.69) is 15.0 Å². The van der Waals surface area contributed by atoms with Gasteiger partial charge in [0, 0.05) is 35.6 Å². The molecular formula is C25H25ClFN5O2. The first kappa shape index (κ1) is 23.6. The van der Waals surface area contributed by atoms with Gasteiger partial charge in [0.1, 0.15) is 11.6 Å². The van der Waals surface area contributed by atoms with Gasteiger partial charge in [-0.3, -0.25) is 9.78 Å². The van der Waals surface area contributed by atoms with Gasteiger partial charge in [0.05, 0.1) is 41.7 Å². The van der Waals surface area contributed by atoms with Crippen LogP contribution in [0.15, 0.2) is 42.2 Å². The molecule has 0 saturated heterocycles. The average Bonchev–Trinajstić information content (AvgIpc) is 3.20. The SMILES string of the molecule is Cc1ccc(CCOc2cc(F)ccc2C(=O)N2CC(N)=C(c3nc(C)c(Cl)c(C)n3)C2)cn1. The van der Waals surface area contributed by atoms with E-state index in [9.17, 15) is 9.18 Å². The first-order chi connectivity index (χ1) is 16.2. The zero-order valence-electron chi connectivity index (χ0n) is 19.2. The summed E-state index contributed by atoms with van der Waals surface area (Å²) in [6.45, 7) is 6.23. The summed E-state index contributed by atoms with van der Waals surface area (Å²) in [5.74, 6) is -0.155. The van der Waals surface area contributed by atoms with Crippen LogP contribution in [0.5, 0.6) is 5.75 Å². The molecule has 4 rings (SSSR count). The molecule has 9 heteroatoms. The summed E-state index contributed by atoms with van der Waals surface area (Å²) in [5.41, 5.74) is 10.9. The Morgan fingerprint density at radius 2 is 1.88 bits per heavy atom. The van der Waals surface area contributed by atoms with E-state index < -0.39 is 5.82 Å². The molecule has 1 aliphatic heterocycles. The van der Waals surface area contributed by atoms with Gasteiger partial charge in [-0.1, -0.05) is 17.7 Å². The number of carbonyl (C=O) groups excluding carboxylic acids is 1. The van der Waals surface area contributed by atoms with Crippen LogP contribution in [0, 0.1) is 26.6 Å². The van der Waals surface area contributed by atoms with Gasteiger partial charge in [0.2, 0.25) is 0 Å². The third kappa shape index (κ3) is 5.02. The fourth-order valence-corrected chi connectivity index (χ4v) is 3.82. The second-order valence-corrected chi connectivity index (χ2v) is 8.62. The summed E-state index contributed by atoms with van der Waals surface area (Å²) in [6.07, 6.45) is 2.35. The lowest BCUT2D eigenvalue weighted by Crippen LogP contribution is -2.30. The minimum absolute atomic E-state index is 0.187. The van der Waals surface area contributed by atoms with Gasteiger partial charge >= 0.3 is 0 Å². The van der Waals surface area contributed by atoms with Crippen LogP contribution in [0.2, 0.25) is 5.02 Å². The van der Waals surface area contributed by atoms with Gasteiger partial charge < -0.3 is 15.4 Å². The smallest absolute Gasteiger partial charge is 0.258 e. The van der Waals surface area contributed by atoms with Gasteiger partial charge in [-0.25, -0.2) is 14.4 Å². The minimum Gasteiger partial charge on any atom is -0.492 e. The quantitative estimate of drug-likeness (QED) is 0.571. The first-order valence-electron chi connectivity index (χ1n) is 10.8. The largest absolute Gasteiger partial charge is 0.492 e. The predicted molar refractivity (Wildman–Crippen MR) is 128 cm³/mol. The van der Waals surface area contributed by atoms with Crippen molar-refractivity contribution in [3.8, 4) is 5.75 Å². The highest BCUT2D eigenvalue weighted by molar-refractivity contribution is 6.31. The normalized spacial score (nSPS) is 13.5. The van der Waals surface area contributed by atoms with Crippen LogP contribution >= 0.6 is 11.6 Å². The topological polar surface area (TPSA) is 94.2 Å². The molecule has 1 amide bonds. The molecule has 2 aromatic heterocycles. The van der Waals surface area contributed by atoms with Gasteiger partial charge in [-0.2, -0.15) is 0 Å². The van der Waals surface area contributed by atoms with Crippen LogP contribution in [-0.4, -0.2) is 45.5 Å². The van der Waals surface area contributed by atoms with Gasteiger partial charge in [0.25, 0.3) is 5.91 Å². The fourth-order valence-electron chi connectivity index (χ4n) is 3.73. The molecule has 7 nitrogen and oxygen atoms in total. The number of amides is 1. The molecule has 0 bridgehead atoms. The van der Waals surface area contributed by atoms with Crippen LogP contribution < -0.4 is 10.5 Å². The van der Waals surface area contributed by atoms with E-state index in [1.807, 2.05) is 19.1 Å². The summed E-state index contributed by atoms with van der Waals surface area (Å²) in [4.78, 5) is 28.0. The zero-order chi connectivity index (χ0) is 24.4. The number of aromatic nitrogens is 3. The molecule has 0 radical (unpaired) electrons. The molecule has 1 aromatic carbocycles. The molecule has 0 unspecified atom stereocenters. The lowest BCUT2D eigenvalue weighted by atomic mass is 10.1. The van der Waals surface area contributed by atoms with E-state index in [1.54, 1.807) is 24.9 Å². The van der Waals surface area contributed by atoms with E-state index >= 15 is 0 Å². The fraction of sp³-hybridized carbons (Fsp3) is 0.280. The van der Waals surface area contributed by atoms with Crippen molar-refractivity contribution in [3.05, 3.63) is 87.1 Å². The number of hydrogen-bond donors (Lipinski definition) is 1. The van der Waals surface area contributed by atoms with Crippen molar-refractivity contribution in [2.45, 2.75) is 27.2 Å². The molecule has 0 saturated carbocycles. The molecule has 2 N–H and O–H groups in total. The zero-order valence-corrected chi connectivity index (χ0v) is 20.0. The third-order valence-electron chi connectivity index (χ3n) is 5.63. The Hall–Kier alpha value is -3.52. The number of halogens is 2. The highest BCUT2D eigenvalue weighted by atomic mass is 35.5. The van der Waals surface area contributed by atoms with Crippen molar-refractivity contribution in [2.75, 3.05) is 19.7 Å². The van der Waals surface area contributed by atoms with Crippen molar-refractivity contribution < 1.29 is 13.9 Å². The lowest BCUT2D eigenvalue weighted by Gasteiger charge is -2.19. The Labute approximate surface area is 202 Å². The van der Waals surface area contributed by atoms with Crippen molar-refractivity contribution in [3.63, 3.8) is 0 Å². The Bertz CT molecular complexity index is 1250. The number of pyridine rings is 1. The summed E-state index contributed by atoms with van der Waals surface area (Å²) >= 11 is 6.18. The molecule has 0 aliphatic carbocycles. The molecule has 0 spiro atoms. The van der Waals surface area contributed by atoms with E-state index in [-0.39, 0.29) is 36.9 Å². The van der Waals surface area contributed by atoms with E-state index in [0.29, 0.717) is 39.9 Å². The van der Waals surface area contributed by atoms with Gasteiger partial charge in [0.15, 0.2) is 5.82 Å². The summed E-state index contributed by atoms with van der Waals surface area (Å²) in [7, 11) is 0. The van der Waals surface area contributed by atoms with Crippen LogP contribution in [0.25, 0.3) is 5.57 Å². The number of nitrogens with two attached hydrogens (primary N) is 1. The van der Waals surface area contributed by atoms with Crippen LogP contribution in [0.1, 0.15) is 38.8 Å². The number of aryl methyl sites for hydroxylation is 3. The number of benzene rings is 1. The maximum atomic E-state index is 14.0. The van der Waals surface area contributed by atoms with Gasteiger partial charge in [-0.05, 0) is 44.5 Å². The standard InChI is InChI=1S/C25H25ClFN5O2/c1-14-4-5-17(11-29-14)8-9-34-22-10-18(27)6-7-19(22)25(33)32-12-20(21(28)13-32)24-30-15(2)23(26)16(3)31-24/h4-7,10-11H,8-9,12-13,28H2,1-3H3. The van der Waals surface area contributed by atoms with E-state index in [4.69, 9.17) is 22.1 Å². The average molecular weight is 482 g/mol. The Kier molecular flexibility index (Phi) is 6.79. The van der Waals surface area contributed by atoms with Crippen molar-refractivity contribution in [1.82, 2.24) is 19.9 Å². The molecule has 0 fully saturated rings. The maximum Gasteiger partial charge on any atom is 0.258 e. The summed E-state index contributed by atoms with van der Waals surface area (Å²) in [5, 5.41) is 0.503. The van der Waals surface area contributed by atoms with E-state index in [1.165, 1.54) is 18.2 Å². The molecule has 3 aromatic rings. The highest BCUT2D eigenvalue weighted by Crippen LogP contribution is 2.28. The molecular weight excluding hydrogens is 457 g/mol. The first-order valence-corrected chi connectivity index (χ1v) is 11.2. The highest BCUT2D eigenvalue weighted by Gasteiger charge is 2.29. The number of hydrogen-bond acceptors (Lipinski definition) is 6. The third-order valence-corrected chi connectivity index (χ3v) is 6.18. The molecule has 34 heavy (non-hydrogen) atoms. The predicted octanol–water partition coefficient (Wildman–Crippen LogP) is 4.04. The van der Waals surface area contributed by atoms with E-state index in [0.717, 1.165) is 11.3 Å². The van der Waals surface area contributed by atoms with Crippen LogP contribution in [-0.2, 0) is 6.42 Å². The Morgan fingerprint density at radius 3 is 2.56 bits per heavy atom. The molecule has 1 aliphatic rings. The van der Waals surface area contributed by atoms with Crippen molar-refractivity contribution in [1.29, 1.82) is 0 Å². The number of nitrogens with zero attached hydrogens (tertiary/aromatic N) is 4. The number of ether oxygens (including phenoxy) is 1. The second-order valence-electron chi connectivity index (χ2n) is 8.24. The Balaban J connectivity index is 1.49. The second kappa shape index (κ2) is 9.77. The molecule has 176 valence electrons. The lowest BCUT2D eigenvalue weighted by molar-refractivity contribution is 0.0794. The van der Waals surface area contributed by atoms with Crippen molar-refractivity contribution in [2.24, 2.45) is 5.73 Å². The minimum atomic E-state index is -0.483. The molecule has 3 heterocycles. The van der Waals surface area contributed by atoms with Gasteiger partial charge in [-0.15, -0.1) is 0 Å². The number of carbonyl (C=O) groups is 1. The number of rotatable bonds is 6. The maximum absolute atomic E-state index is 14.0. The Morgan fingerprint density at radius 1 is 1.15 bits per heavy atom. The molecule has 0 atom stereocenters. The summed E-state index contributed by atoms with van der Waals surface area (Å²) in [6, 6.07) is 7.78. The monoisotopic (exact) mass is 481 g/mol.